The van der Waals surface area contributed by atoms with E-state index < -0.39 is 0 Å². The average molecular weight is 271 g/mol. The zero-order chi connectivity index (χ0) is 12.3. The van der Waals surface area contributed by atoms with Crippen molar-refractivity contribution >= 4 is 29.0 Å². The first-order valence-corrected chi connectivity index (χ1v) is 5.96. The molecule has 0 fully saturated rings. The summed E-state index contributed by atoms with van der Waals surface area (Å²) in [4.78, 5) is 4.14. The van der Waals surface area contributed by atoms with E-state index in [2.05, 4.69) is 15.4 Å². The van der Waals surface area contributed by atoms with Gasteiger partial charge in [0.15, 0.2) is 0 Å². The fraction of sp³-hybridized carbons (Fsp3) is 0.273. The Morgan fingerprint density at radius 2 is 2.29 bits per heavy atom. The number of anilines is 1. The predicted molar refractivity (Wildman–Crippen MR) is 69.6 cm³/mol. The molecule has 90 valence electrons. The second kappa shape index (κ2) is 5.38. The lowest BCUT2D eigenvalue weighted by molar-refractivity contribution is 0.560. The number of pyridine rings is 1. The topological polar surface area (TPSA) is 42.7 Å². The molecular formula is C11H12Cl2N4. The summed E-state index contributed by atoms with van der Waals surface area (Å²) in [6.45, 7) is 2.78. The third-order valence-corrected chi connectivity index (χ3v) is 2.71. The van der Waals surface area contributed by atoms with Crippen LogP contribution in [0.2, 0.25) is 10.0 Å². The van der Waals surface area contributed by atoms with Crippen LogP contribution in [0.4, 0.5) is 5.82 Å². The number of nitrogens with zero attached hydrogens (tertiary/aromatic N) is 3. The highest BCUT2D eigenvalue weighted by atomic mass is 35.5. The van der Waals surface area contributed by atoms with Crippen molar-refractivity contribution in [2.75, 3.05) is 5.32 Å². The maximum Gasteiger partial charge on any atom is 0.145 e. The second-order valence-electron chi connectivity index (χ2n) is 3.76. The molecular weight excluding hydrogens is 259 g/mol. The number of nitrogens with one attached hydrogen (secondary N) is 1. The number of aromatic nitrogens is 3. The Morgan fingerprint density at radius 3 is 2.94 bits per heavy atom. The summed E-state index contributed by atoms with van der Waals surface area (Å²) < 4.78 is 1.85. The van der Waals surface area contributed by atoms with Gasteiger partial charge in [0.1, 0.15) is 5.82 Å². The van der Waals surface area contributed by atoms with Crippen molar-refractivity contribution < 1.29 is 0 Å². The normalized spacial score (nSPS) is 12.4. The zero-order valence-electron chi connectivity index (χ0n) is 9.27. The molecule has 1 N–H and O–H groups in total. The molecule has 0 bridgehead atoms. The first-order valence-electron chi connectivity index (χ1n) is 5.20. The molecule has 2 heterocycles. The smallest absolute Gasteiger partial charge is 0.145 e. The third kappa shape index (κ3) is 3.35. The second-order valence-corrected chi connectivity index (χ2v) is 4.60. The van der Waals surface area contributed by atoms with Crippen LogP contribution in [-0.4, -0.2) is 20.8 Å². The molecule has 2 rings (SSSR count). The summed E-state index contributed by atoms with van der Waals surface area (Å²) in [5, 5.41) is 8.40. The Hall–Kier alpha value is -1.26. The molecule has 0 aliphatic rings. The summed E-state index contributed by atoms with van der Waals surface area (Å²) in [6.07, 6.45) is 5.23. The van der Waals surface area contributed by atoms with E-state index in [0.717, 1.165) is 6.54 Å². The molecule has 17 heavy (non-hydrogen) atoms. The zero-order valence-corrected chi connectivity index (χ0v) is 10.8. The van der Waals surface area contributed by atoms with Gasteiger partial charge >= 0.3 is 0 Å². The van der Waals surface area contributed by atoms with Crippen LogP contribution in [0.5, 0.6) is 0 Å². The van der Waals surface area contributed by atoms with E-state index >= 15 is 0 Å². The molecule has 4 nitrogen and oxygen atoms in total. The third-order valence-electron chi connectivity index (χ3n) is 2.21. The lowest BCUT2D eigenvalue weighted by atomic mass is 10.3. The van der Waals surface area contributed by atoms with Crippen LogP contribution in [0.1, 0.15) is 6.92 Å². The van der Waals surface area contributed by atoms with Gasteiger partial charge in [-0.25, -0.2) is 4.98 Å². The predicted octanol–water partition coefficient (Wildman–Crippen LogP) is 3.09. The van der Waals surface area contributed by atoms with Crippen molar-refractivity contribution in [1.82, 2.24) is 14.8 Å². The highest BCUT2D eigenvalue weighted by Crippen LogP contribution is 2.23. The lowest BCUT2D eigenvalue weighted by Gasteiger charge is -2.15. The summed E-state index contributed by atoms with van der Waals surface area (Å²) >= 11 is 11.8. The maximum atomic E-state index is 6.02. The van der Waals surface area contributed by atoms with E-state index in [0.29, 0.717) is 15.9 Å². The SMILES string of the molecule is CC(Cn1cccn1)Nc1ncc(Cl)cc1Cl. The molecule has 1 atom stereocenters. The van der Waals surface area contributed by atoms with Crippen LogP contribution in [0.3, 0.4) is 0 Å². The molecule has 0 radical (unpaired) electrons. The number of halogens is 2. The summed E-state index contributed by atoms with van der Waals surface area (Å²) in [7, 11) is 0. The van der Waals surface area contributed by atoms with Gasteiger partial charge in [-0.15, -0.1) is 0 Å². The molecule has 6 heteroatoms. The van der Waals surface area contributed by atoms with E-state index in [1.165, 1.54) is 0 Å². The van der Waals surface area contributed by atoms with Crippen LogP contribution in [0.15, 0.2) is 30.7 Å². The quantitative estimate of drug-likeness (QED) is 0.929. The van der Waals surface area contributed by atoms with Gasteiger partial charge in [0.2, 0.25) is 0 Å². The Morgan fingerprint density at radius 1 is 1.47 bits per heavy atom. The molecule has 0 aromatic carbocycles. The molecule has 0 saturated carbocycles. The molecule has 0 spiro atoms. The standard InChI is InChI=1S/C11H12Cl2N4/c1-8(7-17-4-2-3-15-17)16-11-10(13)5-9(12)6-14-11/h2-6,8H,7H2,1H3,(H,14,16). The summed E-state index contributed by atoms with van der Waals surface area (Å²) in [5.74, 6) is 0.635. The van der Waals surface area contributed by atoms with E-state index in [-0.39, 0.29) is 6.04 Å². The van der Waals surface area contributed by atoms with E-state index in [1.807, 2.05) is 23.9 Å². The Balaban J connectivity index is 2.00. The largest absolute Gasteiger partial charge is 0.365 e. The first-order chi connectivity index (χ1) is 8.15. The molecule has 0 aliphatic heterocycles. The fourth-order valence-corrected chi connectivity index (χ4v) is 1.92. The van der Waals surface area contributed by atoms with Crippen LogP contribution >= 0.6 is 23.2 Å². The molecule has 0 saturated heterocycles. The Labute approximate surface area is 110 Å². The van der Waals surface area contributed by atoms with Crippen molar-refractivity contribution in [2.45, 2.75) is 19.5 Å². The highest BCUT2D eigenvalue weighted by molar-refractivity contribution is 6.35. The highest BCUT2D eigenvalue weighted by Gasteiger charge is 2.07. The minimum absolute atomic E-state index is 0.168. The number of rotatable bonds is 4. The fourth-order valence-electron chi connectivity index (χ4n) is 1.49. The van der Waals surface area contributed by atoms with Gasteiger partial charge in [-0.1, -0.05) is 23.2 Å². The summed E-state index contributed by atoms with van der Waals surface area (Å²) in [5.41, 5.74) is 0. The van der Waals surface area contributed by atoms with Gasteiger partial charge in [-0.3, -0.25) is 4.68 Å². The van der Waals surface area contributed by atoms with Gasteiger partial charge in [0.25, 0.3) is 0 Å². The van der Waals surface area contributed by atoms with Crippen molar-refractivity contribution in [3.8, 4) is 0 Å². The molecule has 2 aromatic rings. The molecule has 1 unspecified atom stereocenters. The number of hydrogen-bond acceptors (Lipinski definition) is 3. The minimum Gasteiger partial charge on any atom is -0.365 e. The van der Waals surface area contributed by atoms with Gasteiger partial charge in [0, 0.05) is 24.6 Å². The van der Waals surface area contributed by atoms with Crippen LogP contribution in [0.25, 0.3) is 0 Å². The van der Waals surface area contributed by atoms with Gasteiger partial charge < -0.3 is 5.32 Å². The average Bonchev–Trinajstić information content (AvgIpc) is 2.75. The Kier molecular flexibility index (Phi) is 3.86. The minimum atomic E-state index is 0.168. The van der Waals surface area contributed by atoms with Crippen LogP contribution < -0.4 is 5.32 Å². The summed E-state index contributed by atoms with van der Waals surface area (Å²) in [6, 6.07) is 3.72. The maximum absolute atomic E-state index is 6.02. The van der Waals surface area contributed by atoms with Crippen LogP contribution in [-0.2, 0) is 6.54 Å². The monoisotopic (exact) mass is 270 g/mol. The molecule has 0 amide bonds. The van der Waals surface area contributed by atoms with Gasteiger partial charge in [0.05, 0.1) is 16.6 Å². The van der Waals surface area contributed by atoms with E-state index in [4.69, 9.17) is 23.2 Å². The number of hydrogen-bond donors (Lipinski definition) is 1. The van der Waals surface area contributed by atoms with Crippen LogP contribution in [0, 0.1) is 0 Å². The van der Waals surface area contributed by atoms with Crippen molar-refractivity contribution in [2.24, 2.45) is 0 Å². The first kappa shape index (κ1) is 12.2. The van der Waals surface area contributed by atoms with Crippen molar-refractivity contribution in [3.63, 3.8) is 0 Å². The van der Waals surface area contributed by atoms with Crippen molar-refractivity contribution in [1.29, 1.82) is 0 Å². The molecule has 0 aliphatic carbocycles. The van der Waals surface area contributed by atoms with Gasteiger partial charge in [-0.2, -0.15) is 5.10 Å². The van der Waals surface area contributed by atoms with E-state index in [1.54, 1.807) is 18.5 Å². The lowest BCUT2D eigenvalue weighted by Crippen LogP contribution is -2.22. The molecule has 2 aromatic heterocycles. The Bertz CT molecular complexity index is 484. The van der Waals surface area contributed by atoms with Crippen molar-refractivity contribution in [3.05, 3.63) is 40.8 Å². The van der Waals surface area contributed by atoms with Gasteiger partial charge in [-0.05, 0) is 19.1 Å². The van der Waals surface area contributed by atoms with E-state index in [9.17, 15) is 0 Å².